The summed E-state index contributed by atoms with van der Waals surface area (Å²) in [5.74, 6) is 0.844. The normalized spacial score (nSPS) is 16.1. The summed E-state index contributed by atoms with van der Waals surface area (Å²) in [6.07, 6.45) is 3.51. The standard InChI is InChI=1S/C19H22N4O5S/c1-23-8-7-20-19(23)29-10-12-15(17(24)28-4)16(22-18(25)21-12)11-5-6-13(26-2)14(9-11)27-3/h5-9,16H,10H2,1-4H3,(H2,21,22,25)/t16-/m1/s1. The Bertz CT molecular complexity index is 956. The van der Waals surface area contributed by atoms with E-state index in [0.717, 1.165) is 5.16 Å². The van der Waals surface area contributed by atoms with Gasteiger partial charge in [0.05, 0.1) is 32.9 Å². The molecule has 2 N–H and O–H groups in total. The number of imidazole rings is 1. The Morgan fingerprint density at radius 3 is 2.62 bits per heavy atom. The van der Waals surface area contributed by atoms with Crippen LogP contribution in [0.1, 0.15) is 11.6 Å². The molecule has 1 atom stereocenters. The number of aromatic nitrogens is 2. The summed E-state index contributed by atoms with van der Waals surface area (Å²) in [5, 5.41) is 6.28. The van der Waals surface area contributed by atoms with Crippen molar-refractivity contribution in [3.8, 4) is 11.5 Å². The third-order valence-electron chi connectivity index (χ3n) is 4.42. The first-order valence-corrected chi connectivity index (χ1v) is 9.68. The van der Waals surface area contributed by atoms with Crippen molar-refractivity contribution in [1.29, 1.82) is 0 Å². The molecular weight excluding hydrogens is 396 g/mol. The number of esters is 1. The zero-order chi connectivity index (χ0) is 21.0. The minimum Gasteiger partial charge on any atom is -0.493 e. The van der Waals surface area contributed by atoms with Gasteiger partial charge in [-0.2, -0.15) is 0 Å². The van der Waals surface area contributed by atoms with Crippen LogP contribution in [-0.4, -0.2) is 48.6 Å². The predicted molar refractivity (Wildman–Crippen MR) is 107 cm³/mol. The number of rotatable bonds is 7. The average molecular weight is 418 g/mol. The lowest BCUT2D eigenvalue weighted by molar-refractivity contribution is -0.136. The lowest BCUT2D eigenvalue weighted by Crippen LogP contribution is -2.46. The average Bonchev–Trinajstić information content (AvgIpc) is 3.15. The number of carbonyl (C=O) groups excluding carboxylic acids is 2. The summed E-state index contributed by atoms with van der Waals surface area (Å²) in [7, 11) is 6.24. The molecule has 2 aromatic rings. The van der Waals surface area contributed by atoms with Crippen molar-refractivity contribution >= 4 is 23.8 Å². The first-order valence-electron chi connectivity index (χ1n) is 8.69. The molecule has 29 heavy (non-hydrogen) atoms. The number of nitrogens with zero attached hydrogens (tertiary/aromatic N) is 2. The number of hydrogen-bond acceptors (Lipinski definition) is 7. The van der Waals surface area contributed by atoms with Gasteiger partial charge in [-0.1, -0.05) is 17.8 Å². The van der Waals surface area contributed by atoms with Crippen molar-refractivity contribution in [3.63, 3.8) is 0 Å². The van der Waals surface area contributed by atoms with E-state index in [9.17, 15) is 9.59 Å². The number of nitrogens with one attached hydrogen (secondary N) is 2. The van der Waals surface area contributed by atoms with E-state index in [1.165, 1.54) is 33.1 Å². The number of ether oxygens (including phenoxy) is 3. The number of hydrogen-bond donors (Lipinski definition) is 2. The van der Waals surface area contributed by atoms with Crippen molar-refractivity contribution in [2.24, 2.45) is 7.05 Å². The highest BCUT2D eigenvalue weighted by Gasteiger charge is 2.34. The number of carbonyl (C=O) groups is 2. The molecule has 0 fully saturated rings. The molecule has 0 radical (unpaired) electrons. The van der Waals surface area contributed by atoms with Crippen LogP contribution in [0.3, 0.4) is 0 Å². The van der Waals surface area contributed by atoms with Crippen molar-refractivity contribution < 1.29 is 23.8 Å². The third kappa shape index (κ3) is 4.32. The maximum atomic E-state index is 12.6. The Morgan fingerprint density at radius 1 is 1.24 bits per heavy atom. The van der Waals surface area contributed by atoms with Gasteiger partial charge in [-0.05, 0) is 17.7 Å². The van der Waals surface area contributed by atoms with Crippen LogP contribution in [0, 0.1) is 0 Å². The van der Waals surface area contributed by atoms with Gasteiger partial charge in [0.1, 0.15) is 0 Å². The van der Waals surface area contributed by atoms with E-state index in [1.807, 2.05) is 17.8 Å². The number of amides is 2. The molecule has 0 bridgehead atoms. The van der Waals surface area contributed by atoms with Crippen LogP contribution in [0.15, 0.2) is 47.0 Å². The monoisotopic (exact) mass is 418 g/mol. The molecule has 1 aromatic heterocycles. The summed E-state index contributed by atoms with van der Waals surface area (Å²) in [6, 6.07) is 4.10. The van der Waals surface area contributed by atoms with Gasteiger partial charge in [-0.25, -0.2) is 14.6 Å². The number of benzene rings is 1. The zero-order valence-corrected chi connectivity index (χ0v) is 17.3. The second-order valence-corrected chi connectivity index (χ2v) is 7.08. The van der Waals surface area contributed by atoms with Crippen LogP contribution < -0.4 is 20.1 Å². The zero-order valence-electron chi connectivity index (χ0n) is 16.5. The first kappa shape index (κ1) is 20.6. The van der Waals surface area contributed by atoms with E-state index in [2.05, 4.69) is 15.6 Å². The first-order chi connectivity index (χ1) is 14.0. The lowest BCUT2D eigenvalue weighted by Gasteiger charge is -2.29. The number of methoxy groups -OCH3 is 3. The highest BCUT2D eigenvalue weighted by molar-refractivity contribution is 7.99. The fraction of sp³-hybridized carbons (Fsp3) is 0.316. The Hall–Kier alpha value is -3.14. The van der Waals surface area contributed by atoms with Crippen LogP contribution in [-0.2, 0) is 16.6 Å². The fourth-order valence-corrected chi connectivity index (χ4v) is 3.89. The molecule has 2 amide bonds. The van der Waals surface area contributed by atoms with E-state index in [4.69, 9.17) is 14.2 Å². The summed E-state index contributed by atoms with van der Waals surface area (Å²) in [5.41, 5.74) is 1.45. The smallest absolute Gasteiger partial charge is 0.338 e. The second kappa shape index (κ2) is 8.91. The topological polar surface area (TPSA) is 104 Å². The van der Waals surface area contributed by atoms with E-state index in [1.54, 1.807) is 24.4 Å². The van der Waals surface area contributed by atoms with Gasteiger partial charge in [0.2, 0.25) is 0 Å². The molecule has 0 spiro atoms. The molecule has 0 aliphatic carbocycles. The van der Waals surface area contributed by atoms with E-state index < -0.39 is 18.0 Å². The summed E-state index contributed by atoms with van der Waals surface area (Å²) >= 11 is 1.40. The van der Waals surface area contributed by atoms with Crippen molar-refractivity contribution in [1.82, 2.24) is 20.2 Å². The summed E-state index contributed by atoms with van der Waals surface area (Å²) < 4.78 is 17.5. The van der Waals surface area contributed by atoms with E-state index in [0.29, 0.717) is 34.1 Å². The van der Waals surface area contributed by atoms with Crippen LogP contribution in [0.25, 0.3) is 0 Å². The minimum absolute atomic E-state index is 0.320. The Kier molecular flexibility index (Phi) is 6.32. The number of thioether (sulfide) groups is 1. The molecule has 1 aromatic carbocycles. The number of urea groups is 1. The van der Waals surface area contributed by atoms with Crippen LogP contribution >= 0.6 is 11.8 Å². The van der Waals surface area contributed by atoms with Gasteiger partial charge in [0, 0.05) is 30.9 Å². The Labute approximate surface area is 172 Å². The fourth-order valence-electron chi connectivity index (χ4n) is 2.99. The predicted octanol–water partition coefficient (Wildman–Crippen LogP) is 2.01. The minimum atomic E-state index is -0.701. The van der Waals surface area contributed by atoms with E-state index in [-0.39, 0.29) is 0 Å². The number of aryl methyl sites for hydroxylation is 1. The van der Waals surface area contributed by atoms with Gasteiger partial charge in [-0.3, -0.25) is 0 Å². The summed E-state index contributed by atoms with van der Waals surface area (Å²) in [6.45, 7) is 0. The van der Waals surface area contributed by atoms with Crippen molar-refractivity contribution in [2.75, 3.05) is 27.1 Å². The molecule has 3 rings (SSSR count). The largest absolute Gasteiger partial charge is 0.493 e. The van der Waals surface area contributed by atoms with Gasteiger partial charge in [0.15, 0.2) is 16.7 Å². The molecule has 154 valence electrons. The van der Waals surface area contributed by atoms with Crippen LogP contribution in [0.5, 0.6) is 11.5 Å². The quantitative estimate of drug-likeness (QED) is 0.524. The molecule has 0 saturated carbocycles. The van der Waals surface area contributed by atoms with Crippen molar-refractivity contribution in [2.45, 2.75) is 11.2 Å². The molecule has 9 nitrogen and oxygen atoms in total. The second-order valence-electron chi connectivity index (χ2n) is 6.14. The van der Waals surface area contributed by atoms with E-state index >= 15 is 0 Å². The Morgan fingerprint density at radius 2 is 2.00 bits per heavy atom. The van der Waals surface area contributed by atoms with Gasteiger partial charge < -0.3 is 29.4 Å². The third-order valence-corrected chi connectivity index (χ3v) is 5.51. The summed E-state index contributed by atoms with van der Waals surface area (Å²) in [4.78, 5) is 29.2. The molecule has 10 heteroatoms. The van der Waals surface area contributed by atoms with Crippen molar-refractivity contribution in [3.05, 3.63) is 47.4 Å². The molecular formula is C19H22N4O5S. The van der Waals surface area contributed by atoms with Gasteiger partial charge >= 0.3 is 12.0 Å². The molecule has 2 heterocycles. The van der Waals surface area contributed by atoms with Gasteiger partial charge in [0.25, 0.3) is 0 Å². The van der Waals surface area contributed by atoms with Crippen LogP contribution in [0.4, 0.5) is 4.79 Å². The lowest BCUT2D eigenvalue weighted by atomic mass is 9.95. The highest BCUT2D eigenvalue weighted by Crippen LogP contribution is 2.35. The van der Waals surface area contributed by atoms with Crippen LogP contribution in [0.2, 0.25) is 0 Å². The SMILES string of the molecule is COC(=O)C1=C(CSc2nccn2C)NC(=O)N[C@@H]1c1ccc(OC)c(OC)c1. The molecule has 0 saturated heterocycles. The van der Waals surface area contributed by atoms with Gasteiger partial charge in [-0.15, -0.1) is 0 Å². The molecule has 1 aliphatic heterocycles. The maximum absolute atomic E-state index is 12.6. The molecule has 1 aliphatic rings. The molecule has 0 unspecified atom stereocenters. The highest BCUT2D eigenvalue weighted by atomic mass is 32.2. The Balaban J connectivity index is 2.01. The maximum Gasteiger partial charge on any atom is 0.338 e.